The van der Waals surface area contributed by atoms with Gasteiger partial charge in [-0.1, -0.05) is 29.8 Å². The summed E-state index contributed by atoms with van der Waals surface area (Å²) < 4.78 is 5.84. The number of rotatable bonds is 5. The van der Waals surface area contributed by atoms with Gasteiger partial charge in [0.25, 0.3) is 5.91 Å². The summed E-state index contributed by atoms with van der Waals surface area (Å²) in [4.78, 5) is 36.8. The highest BCUT2D eigenvalue weighted by Gasteiger charge is 2.36. The van der Waals surface area contributed by atoms with Crippen molar-refractivity contribution < 1.29 is 14.3 Å². The van der Waals surface area contributed by atoms with Crippen molar-refractivity contribution in [3.63, 3.8) is 0 Å². The van der Waals surface area contributed by atoms with Crippen LogP contribution in [0.25, 0.3) is 0 Å². The first kappa shape index (κ1) is 26.2. The van der Waals surface area contributed by atoms with E-state index in [4.69, 9.17) is 16.3 Å². The van der Waals surface area contributed by atoms with Crippen molar-refractivity contribution in [2.75, 3.05) is 24.6 Å². The van der Waals surface area contributed by atoms with Gasteiger partial charge in [-0.15, -0.1) is 0 Å². The van der Waals surface area contributed by atoms with Gasteiger partial charge < -0.3 is 14.5 Å². The molecule has 8 heteroatoms. The van der Waals surface area contributed by atoms with Crippen LogP contribution in [0.15, 0.2) is 73.1 Å². The molecular weight excluding hydrogens is 500 g/mol. The van der Waals surface area contributed by atoms with Gasteiger partial charge in [0.2, 0.25) is 5.91 Å². The molecule has 198 valence electrons. The molecule has 2 aromatic carbocycles. The average molecular weight is 533 g/mol. The average Bonchev–Trinajstić information content (AvgIpc) is 3.28. The summed E-state index contributed by atoms with van der Waals surface area (Å²) in [5, 5.41) is 0.618. The number of aromatic nitrogens is 1. The van der Waals surface area contributed by atoms with Crippen molar-refractivity contribution >= 4 is 29.1 Å². The summed E-state index contributed by atoms with van der Waals surface area (Å²) in [6.07, 6.45) is 6.55. The highest BCUT2D eigenvalue weighted by atomic mass is 35.5. The molecule has 0 radical (unpaired) electrons. The quantitative estimate of drug-likeness (QED) is 0.466. The van der Waals surface area contributed by atoms with Gasteiger partial charge in [-0.25, -0.2) is 0 Å². The van der Waals surface area contributed by atoms with Crippen LogP contribution in [0.5, 0.6) is 5.75 Å². The molecule has 0 N–H and O–H groups in total. The zero-order valence-electron chi connectivity index (χ0n) is 21.6. The maximum absolute atomic E-state index is 13.6. The van der Waals surface area contributed by atoms with E-state index in [1.165, 1.54) is 5.56 Å². The SMILES string of the molecule is CC(=O)N1CCC2CCC(CN(C(=O)COc3ccc(Cl)cc3)Cc3ccccc31)N2Cc1ccncc1. The second-order valence-corrected chi connectivity index (χ2v) is 10.5. The largest absolute Gasteiger partial charge is 0.484 e. The molecule has 5 rings (SSSR count). The summed E-state index contributed by atoms with van der Waals surface area (Å²) in [6.45, 7) is 3.98. The van der Waals surface area contributed by atoms with E-state index in [1.807, 2.05) is 58.6 Å². The summed E-state index contributed by atoms with van der Waals surface area (Å²) in [5.74, 6) is 0.524. The fraction of sp³-hybridized carbons (Fsp3) is 0.367. The Kier molecular flexibility index (Phi) is 8.25. The van der Waals surface area contributed by atoms with Crippen LogP contribution in [0.4, 0.5) is 5.69 Å². The van der Waals surface area contributed by atoms with Crippen LogP contribution in [0.2, 0.25) is 5.02 Å². The van der Waals surface area contributed by atoms with Gasteiger partial charge in [0.15, 0.2) is 6.61 Å². The summed E-state index contributed by atoms with van der Waals surface area (Å²) in [5.41, 5.74) is 3.03. The smallest absolute Gasteiger partial charge is 0.260 e. The zero-order chi connectivity index (χ0) is 26.5. The minimum Gasteiger partial charge on any atom is -0.484 e. The minimum atomic E-state index is -0.0873. The number of fused-ring (bicyclic) bond motifs is 3. The zero-order valence-corrected chi connectivity index (χ0v) is 22.4. The van der Waals surface area contributed by atoms with E-state index in [1.54, 1.807) is 31.2 Å². The lowest BCUT2D eigenvalue weighted by Gasteiger charge is -2.34. The topological polar surface area (TPSA) is 66.0 Å². The standard InChI is InChI=1S/C30H33ClN4O3/c1-22(36)34-17-14-26-8-9-27(35(26)18-23-12-15-32-16-13-23)20-33(19-24-4-2-3-5-29(24)34)30(37)21-38-28-10-6-25(31)7-11-28/h2-7,10-13,15-16,26-27H,8-9,14,17-21H2,1H3. The number of hydrogen-bond acceptors (Lipinski definition) is 5. The number of para-hydroxylation sites is 1. The molecule has 2 atom stereocenters. The number of halogens is 1. The molecule has 7 nitrogen and oxygen atoms in total. The van der Waals surface area contributed by atoms with E-state index in [0.29, 0.717) is 36.4 Å². The van der Waals surface area contributed by atoms with E-state index in [0.717, 1.165) is 37.1 Å². The molecule has 38 heavy (non-hydrogen) atoms. The molecule has 3 aromatic rings. The third kappa shape index (κ3) is 6.17. The fourth-order valence-corrected chi connectivity index (χ4v) is 5.72. The van der Waals surface area contributed by atoms with Gasteiger partial charge in [-0.05, 0) is 72.9 Å². The molecule has 2 unspecified atom stereocenters. The number of carbonyl (C=O) groups excluding carboxylic acids is 2. The van der Waals surface area contributed by atoms with E-state index in [9.17, 15) is 9.59 Å². The lowest BCUT2D eigenvalue weighted by Crippen LogP contribution is -2.46. The molecule has 0 aliphatic carbocycles. The number of nitrogens with zero attached hydrogens (tertiary/aromatic N) is 4. The third-order valence-corrected chi connectivity index (χ3v) is 7.81. The number of pyridine rings is 1. The first-order chi connectivity index (χ1) is 18.5. The molecule has 2 amide bonds. The van der Waals surface area contributed by atoms with Crippen LogP contribution >= 0.6 is 11.6 Å². The molecule has 2 bridgehead atoms. The highest BCUT2D eigenvalue weighted by molar-refractivity contribution is 6.30. The van der Waals surface area contributed by atoms with Crippen molar-refractivity contribution in [3.8, 4) is 5.75 Å². The molecule has 1 fully saturated rings. The number of anilines is 1. The number of ether oxygens (including phenoxy) is 1. The Labute approximate surface area is 229 Å². The van der Waals surface area contributed by atoms with Gasteiger partial charge in [0.1, 0.15) is 5.75 Å². The van der Waals surface area contributed by atoms with E-state index in [-0.39, 0.29) is 24.5 Å². The molecular formula is C30H33ClN4O3. The van der Waals surface area contributed by atoms with E-state index in [2.05, 4.69) is 9.88 Å². The van der Waals surface area contributed by atoms with Crippen LogP contribution in [-0.2, 0) is 22.7 Å². The van der Waals surface area contributed by atoms with Crippen LogP contribution in [0, 0.1) is 0 Å². The Morgan fingerprint density at radius 3 is 2.47 bits per heavy atom. The van der Waals surface area contributed by atoms with E-state index >= 15 is 0 Å². The van der Waals surface area contributed by atoms with Crippen LogP contribution in [-0.4, -0.2) is 58.4 Å². The summed E-state index contributed by atoms with van der Waals surface area (Å²) in [6, 6.07) is 19.6. The Morgan fingerprint density at radius 1 is 0.974 bits per heavy atom. The van der Waals surface area contributed by atoms with Crippen molar-refractivity contribution in [1.29, 1.82) is 0 Å². The second kappa shape index (κ2) is 12.0. The molecule has 0 saturated carbocycles. The molecule has 2 aliphatic rings. The normalized spacial score (nSPS) is 19.9. The van der Waals surface area contributed by atoms with Crippen LogP contribution in [0.1, 0.15) is 37.3 Å². The predicted molar refractivity (Wildman–Crippen MR) is 148 cm³/mol. The Hall–Kier alpha value is -3.42. The fourth-order valence-electron chi connectivity index (χ4n) is 5.59. The van der Waals surface area contributed by atoms with Gasteiger partial charge >= 0.3 is 0 Å². The molecule has 1 aromatic heterocycles. The van der Waals surface area contributed by atoms with Crippen LogP contribution in [0.3, 0.4) is 0 Å². The van der Waals surface area contributed by atoms with Crippen molar-refractivity contribution in [1.82, 2.24) is 14.8 Å². The van der Waals surface area contributed by atoms with Crippen LogP contribution < -0.4 is 9.64 Å². The molecule has 0 spiro atoms. The Bertz CT molecular complexity index is 1250. The Morgan fingerprint density at radius 2 is 1.71 bits per heavy atom. The maximum atomic E-state index is 13.6. The first-order valence-electron chi connectivity index (χ1n) is 13.1. The summed E-state index contributed by atoms with van der Waals surface area (Å²) in [7, 11) is 0. The Balaban J connectivity index is 1.44. The van der Waals surface area contributed by atoms with Crippen molar-refractivity contribution in [2.45, 2.75) is 51.4 Å². The van der Waals surface area contributed by atoms with Crippen molar-refractivity contribution in [2.24, 2.45) is 0 Å². The van der Waals surface area contributed by atoms with Gasteiger partial charge in [-0.3, -0.25) is 19.5 Å². The highest BCUT2D eigenvalue weighted by Crippen LogP contribution is 2.32. The van der Waals surface area contributed by atoms with Gasteiger partial charge in [0.05, 0.1) is 0 Å². The number of hydrogen-bond donors (Lipinski definition) is 0. The second-order valence-electron chi connectivity index (χ2n) is 10.0. The number of amides is 2. The third-order valence-electron chi connectivity index (χ3n) is 7.56. The molecule has 3 heterocycles. The number of benzene rings is 2. The molecule has 2 aliphatic heterocycles. The molecule has 1 saturated heterocycles. The summed E-state index contributed by atoms with van der Waals surface area (Å²) >= 11 is 5.99. The van der Waals surface area contributed by atoms with E-state index < -0.39 is 0 Å². The monoisotopic (exact) mass is 532 g/mol. The lowest BCUT2D eigenvalue weighted by molar-refractivity contribution is -0.134. The first-order valence-corrected chi connectivity index (χ1v) is 13.5. The van der Waals surface area contributed by atoms with Gasteiger partial charge in [-0.2, -0.15) is 0 Å². The predicted octanol–water partition coefficient (Wildman–Crippen LogP) is 4.93. The maximum Gasteiger partial charge on any atom is 0.260 e. The lowest BCUT2D eigenvalue weighted by atomic mass is 10.1. The van der Waals surface area contributed by atoms with Gasteiger partial charge in [0, 0.05) is 68.3 Å². The van der Waals surface area contributed by atoms with Crippen molar-refractivity contribution in [3.05, 3.63) is 89.2 Å². The minimum absolute atomic E-state index is 0.0101. The number of carbonyl (C=O) groups is 2.